The van der Waals surface area contributed by atoms with E-state index in [1.165, 1.54) is 6.92 Å². The lowest BCUT2D eigenvalue weighted by Crippen LogP contribution is -2.30. The fourth-order valence-electron chi connectivity index (χ4n) is 1.80. The first-order valence-electron chi connectivity index (χ1n) is 6.89. The van der Waals surface area contributed by atoms with Crippen LogP contribution in [-0.2, 0) is 9.53 Å². The molecule has 0 saturated heterocycles. The maximum atomic E-state index is 12.0. The van der Waals surface area contributed by atoms with Crippen molar-refractivity contribution in [3.05, 3.63) is 46.7 Å². The van der Waals surface area contributed by atoms with Crippen LogP contribution in [0.5, 0.6) is 0 Å². The van der Waals surface area contributed by atoms with E-state index in [1.54, 1.807) is 25.1 Å². The molecule has 6 nitrogen and oxygen atoms in total. The van der Waals surface area contributed by atoms with E-state index in [4.69, 9.17) is 9.26 Å². The zero-order valence-corrected chi connectivity index (χ0v) is 13.0. The van der Waals surface area contributed by atoms with Crippen LogP contribution in [0.25, 0.3) is 0 Å². The summed E-state index contributed by atoms with van der Waals surface area (Å²) in [6, 6.07) is 6.84. The number of hydrogen-bond donors (Lipinski definition) is 1. The maximum Gasteiger partial charge on any atom is 0.338 e. The van der Waals surface area contributed by atoms with E-state index in [2.05, 4.69) is 10.5 Å². The molecule has 116 valence electrons. The first-order chi connectivity index (χ1) is 10.4. The SMILES string of the molecule is Cc1cc(NC(=O)[C@H](C)OC(=O)c2ccc(C)c(C)c2)no1. The summed E-state index contributed by atoms with van der Waals surface area (Å²) in [5.74, 6) is -0.140. The number of amides is 1. The van der Waals surface area contributed by atoms with Gasteiger partial charge in [0.25, 0.3) is 5.91 Å². The van der Waals surface area contributed by atoms with E-state index in [-0.39, 0.29) is 5.82 Å². The molecule has 0 fully saturated rings. The summed E-state index contributed by atoms with van der Waals surface area (Å²) < 4.78 is 10.0. The van der Waals surface area contributed by atoms with Crippen molar-refractivity contribution >= 4 is 17.7 Å². The fourth-order valence-corrected chi connectivity index (χ4v) is 1.80. The minimum Gasteiger partial charge on any atom is -0.449 e. The number of aryl methyl sites for hydroxylation is 3. The Morgan fingerprint density at radius 3 is 2.50 bits per heavy atom. The molecule has 1 heterocycles. The molecule has 0 aliphatic rings. The zero-order chi connectivity index (χ0) is 16.3. The van der Waals surface area contributed by atoms with Crippen LogP contribution in [0.2, 0.25) is 0 Å². The van der Waals surface area contributed by atoms with Crippen LogP contribution in [0, 0.1) is 20.8 Å². The Labute approximate surface area is 128 Å². The highest BCUT2D eigenvalue weighted by Gasteiger charge is 2.20. The number of nitrogens with one attached hydrogen (secondary N) is 1. The van der Waals surface area contributed by atoms with Crippen LogP contribution in [-0.4, -0.2) is 23.1 Å². The van der Waals surface area contributed by atoms with Gasteiger partial charge in [-0.25, -0.2) is 4.79 Å². The summed E-state index contributed by atoms with van der Waals surface area (Å²) in [6.07, 6.45) is -0.939. The van der Waals surface area contributed by atoms with Gasteiger partial charge in [-0.15, -0.1) is 0 Å². The molecule has 0 bridgehead atoms. The minimum absolute atomic E-state index is 0.288. The molecule has 1 aromatic heterocycles. The van der Waals surface area contributed by atoms with Crippen molar-refractivity contribution in [1.29, 1.82) is 0 Å². The number of nitrogens with zero attached hydrogens (tertiary/aromatic N) is 1. The topological polar surface area (TPSA) is 81.4 Å². The highest BCUT2D eigenvalue weighted by atomic mass is 16.5. The van der Waals surface area contributed by atoms with Crippen molar-refractivity contribution in [3.8, 4) is 0 Å². The molecule has 2 rings (SSSR count). The molecule has 1 atom stereocenters. The second kappa shape index (κ2) is 6.43. The second-order valence-corrected chi connectivity index (χ2v) is 5.16. The van der Waals surface area contributed by atoms with Gasteiger partial charge in [0.2, 0.25) is 0 Å². The Balaban J connectivity index is 1.98. The Hall–Kier alpha value is -2.63. The summed E-state index contributed by atoms with van der Waals surface area (Å²) in [5, 5.41) is 6.17. The van der Waals surface area contributed by atoms with Gasteiger partial charge in [0, 0.05) is 6.07 Å². The Morgan fingerprint density at radius 1 is 1.18 bits per heavy atom. The fraction of sp³-hybridized carbons (Fsp3) is 0.312. The maximum absolute atomic E-state index is 12.0. The number of rotatable bonds is 4. The van der Waals surface area contributed by atoms with Gasteiger partial charge >= 0.3 is 5.97 Å². The Morgan fingerprint density at radius 2 is 1.91 bits per heavy atom. The predicted molar refractivity (Wildman–Crippen MR) is 80.7 cm³/mol. The average Bonchev–Trinajstić information content (AvgIpc) is 2.86. The van der Waals surface area contributed by atoms with Crippen molar-refractivity contribution in [2.24, 2.45) is 0 Å². The zero-order valence-electron chi connectivity index (χ0n) is 13.0. The number of esters is 1. The second-order valence-electron chi connectivity index (χ2n) is 5.16. The van der Waals surface area contributed by atoms with E-state index in [0.717, 1.165) is 11.1 Å². The number of anilines is 1. The van der Waals surface area contributed by atoms with Crippen molar-refractivity contribution in [2.75, 3.05) is 5.32 Å². The van der Waals surface area contributed by atoms with Gasteiger partial charge < -0.3 is 14.6 Å². The van der Waals surface area contributed by atoms with E-state index < -0.39 is 18.0 Å². The highest BCUT2D eigenvalue weighted by molar-refractivity contribution is 5.96. The van der Waals surface area contributed by atoms with Crippen LogP contribution in [0.4, 0.5) is 5.82 Å². The van der Waals surface area contributed by atoms with Crippen LogP contribution >= 0.6 is 0 Å². The van der Waals surface area contributed by atoms with E-state index >= 15 is 0 Å². The van der Waals surface area contributed by atoms with Crippen LogP contribution < -0.4 is 5.32 Å². The van der Waals surface area contributed by atoms with Crippen molar-refractivity contribution < 1.29 is 18.8 Å². The molecule has 2 aromatic rings. The molecule has 1 aromatic carbocycles. The summed E-state index contributed by atoms with van der Waals surface area (Å²) in [5.41, 5.74) is 2.49. The normalized spacial score (nSPS) is 11.8. The predicted octanol–water partition coefficient (Wildman–Crippen LogP) is 2.78. The standard InChI is InChI=1S/C16H18N2O4/c1-9-5-6-13(7-10(9)2)16(20)21-12(4)15(19)17-14-8-11(3)22-18-14/h5-8,12H,1-4H3,(H,17,18,19)/t12-/m0/s1. The molecule has 0 radical (unpaired) electrons. The summed E-state index contributed by atoms with van der Waals surface area (Å²) >= 11 is 0. The van der Waals surface area contributed by atoms with E-state index in [0.29, 0.717) is 11.3 Å². The lowest BCUT2D eigenvalue weighted by Gasteiger charge is -2.12. The van der Waals surface area contributed by atoms with Gasteiger partial charge in [0.1, 0.15) is 5.76 Å². The van der Waals surface area contributed by atoms with Crippen molar-refractivity contribution in [1.82, 2.24) is 5.16 Å². The summed E-state index contributed by atoms with van der Waals surface area (Å²) in [7, 11) is 0. The number of carbonyl (C=O) groups excluding carboxylic acids is 2. The monoisotopic (exact) mass is 302 g/mol. The number of aromatic nitrogens is 1. The van der Waals surface area contributed by atoms with Gasteiger partial charge in [-0.3, -0.25) is 4.79 Å². The number of benzene rings is 1. The summed E-state index contributed by atoms with van der Waals surface area (Å²) in [4.78, 5) is 24.0. The number of hydrogen-bond acceptors (Lipinski definition) is 5. The largest absolute Gasteiger partial charge is 0.449 e. The van der Waals surface area contributed by atoms with Gasteiger partial charge in [0.05, 0.1) is 5.56 Å². The third-order valence-electron chi connectivity index (χ3n) is 3.27. The van der Waals surface area contributed by atoms with Gasteiger partial charge in [-0.2, -0.15) is 0 Å². The Bertz CT molecular complexity index is 706. The third-order valence-corrected chi connectivity index (χ3v) is 3.27. The summed E-state index contributed by atoms with van der Waals surface area (Å²) in [6.45, 7) is 7.09. The molecular formula is C16H18N2O4. The highest BCUT2D eigenvalue weighted by Crippen LogP contribution is 2.13. The number of ether oxygens (including phenoxy) is 1. The smallest absolute Gasteiger partial charge is 0.338 e. The molecule has 1 amide bonds. The van der Waals surface area contributed by atoms with Crippen LogP contribution in [0.1, 0.15) is 34.2 Å². The molecule has 0 aliphatic carbocycles. The lowest BCUT2D eigenvalue weighted by atomic mass is 10.1. The average molecular weight is 302 g/mol. The molecule has 22 heavy (non-hydrogen) atoms. The van der Waals surface area contributed by atoms with Gasteiger partial charge in [0.15, 0.2) is 11.9 Å². The molecule has 0 aliphatic heterocycles. The molecular weight excluding hydrogens is 284 g/mol. The first kappa shape index (κ1) is 15.8. The quantitative estimate of drug-likeness (QED) is 0.878. The molecule has 0 spiro atoms. The Kier molecular flexibility index (Phi) is 4.60. The lowest BCUT2D eigenvalue weighted by molar-refractivity contribution is -0.123. The van der Waals surface area contributed by atoms with Crippen LogP contribution in [0.3, 0.4) is 0 Å². The first-order valence-corrected chi connectivity index (χ1v) is 6.89. The van der Waals surface area contributed by atoms with E-state index in [1.807, 2.05) is 19.9 Å². The molecule has 0 saturated carbocycles. The van der Waals surface area contributed by atoms with Gasteiger partial charge in [-0.05, 0) is 51.0 Å². The minimum atomic E-state index is -0.939. The molecule has 0 unspecified atom stereocenters. The van der Waals surface area contributed by atoms with Crippen molar-refractivity contribution in [3.63, 3.8) is 0 Å². The molecule has 6 heteroatoms. The molecule has 1 N–H and O–H groups in total. The van der Waals surface area contributed by atoms with Gasteiger partial charge in [-0.1, -0.05) is 11.2 Å². The van der Waals surface area contributed by atoms with Crippen molar-refractivity contribution in [2.45, 2.75) is 33.8 Å². The third kappa shape index (κ3) is 3.72. The van der Waals surface area contributed by atoms with E-state index in [9.17, 15) is 9.59 Å². The number of carbonyl (C=O) groups is 2. The van der Waals surface area contributed by atoms with Crippen LogP contribution in [0.15, 0.2) is 28.8 Å².